The van der Waals surface area contributed by atoms with Crippen LogP contribution in [0.25, 0.3) is 0 Å². The molecule has 0 heterocycles. The molecule has 0 aliphatic carbocycles. The molecule has 0 radical (unpaired) electrons. The fourth-order valence-corrected chi connectivity index (χ4v) is 3.10. The number of hydrogen-bond acceptors (Lipinski definition) is 3. The maximum atomic E-state index is 9.19. The van der Waals surface area contributed by atoms with Gasteiger partial charge in [0.1, 0.15) is 0 Å². The van der Waals surface area contributed by atoms with Crippen molar-refractivity contribution in [3.63, 3.8) is 0 Å². The quantitative estimate of drug-likeness (QED) is 0.219. The van der Waals surface area contributed by atoms with E-state index in [1.807, 2.05) is 0 Å². The second-order valence-electron chi connectivity index (χ2n) is 9.14. The first-order valence-electron chi connectivity index (χ1n) is 11.2. The van der Waals surface area contributed by atoms with E-state index in [9.17, 15) is 8.42 Å². The fourth-order valence-electron chi connectivity index (χ4n) is 3.10. The standard InChI is InChI=1S/C21H45N.CH4O3S/c1-21(2,3)19-17-15-13-11-9-7-5-4-6-8-10-12-14-16-18-20-22;1-5(2,3)4/h4-20,22H2,1-3H3;1H3,(H,2,3,4). The monoisotopic (exact) mass is 407 g/mol. The van der Waals surface area contributed by atoms with E-state index in [0.29, 0.717) is 11.7 Å². The van der Waals surface area contributed by atoms with Crippen molar-refractivity contribution in [3.05, 3.63) is 0 Å². The summed E-state index contributed by atoms with van der Waals surface area (Å²) in [5.41, 5.74) is 6.03. The van der Waals surface area contributed by atoms with Gasteiger partial charge in [-0.3, -0.25) is 4.55 Å². The predicted molar refractivity (Wildman–Crippen MR) is 120 cm³/mol. The molecule has 0 aromatic carbocycles. The molecule has 0 bridgehead atoms. The van der Waals surface area contributed by atoms with Crippen molar-refractivity contribution in [2.45, 2.75) is 124 Å². The summed E-state index contributed by atoms with van der Waals surface area (Å²) in [5, 5.41) is 0. The molecule has 0 rings (SSSR count). The van der Waals surface area contributed by atoms with Crippen molar-refractivity contribution >= 4 is 10.1 Å². The summed E-state index contributed by atoms with van der Waals surface area (Å²) in [6, 6.07) is 0. The third-order valence-electron chi connectivity index (χ3n) is 4.63. The zero-order valence-corrected chi connectivity index (χ0v) is 19.6. The molecule has 0 unspecified atom stereocenters. The van der Waals surface area contributed by atoms with Crippen molar-refractivity contribution < 1.29 is 13.0 Å². The number of unbranched alkanes of at least 4 members (excludes halogenated alkanes) is 14. The summed E-state index contributed by atoms with van der Waals surface area (Å²) in [7, 11) is -3.67. The van der Waals surface area contributed by atoms with Gasteiger partial charge in [-0.1, -0.05) is 111 Å². The summed E-state index contributed by atoms with van der Waals surface area (Å²) >= 11 is 0. The first-order chi connectivity index (χ1) is 12.6. The highest BCUT2D eigenvalue weighted by Gasteiger charge is 2.08. The highest BCUT2D eigenvalue weighted by molar-refractivity contribution is 7.85. The number of rotatable bonds is 16. The van der Waals surface area contributed by atoms with Crippen molar-refractivity contribution in [3.8, 4) is 0 Å². The molecule has 0 atom stereocenters. The Labute approximate surface area is 170 Å². The van der Waals surface area contributed by atoms with Gasteiger partial charge in [0.25, 0.3) is 10.1 Å². The number of hydrogen-bond donors (Lipinski definition) is 2. The third-order valence-corrected chi connectivity index (χ3v) is 4.63. The van der Waals surface area contributed by atoms with Crippen molar-refractivity contribution in [1.29, 1.82) is 0 Å². The zero-order valence-electron chi connectivity index (χ0n) is 18.8. The Balaban J connectivity index is 0. The molecule has 0 saturated heterocycles. The lowest BCUT2D eigenvalue weighted by molar-refractivity contribution is 0.356. The molecule has 0 aromatic rings. The number of nitrogens with two attached hydrogens (primary N) is 1. The van der Waals surface area contributed by atoms with Gasteiger partial charge in [-0.2, -0.15) is 8.42 Å². The van der Waals surface area contributed by atoms with Crippen LogP contribution in [0.5, 0.6) is 0 Å². The molecule has 5 heteroatoms. The van der Waals surface area contributed by atoms with E-state index >= 15 is 0 Å². The Kier molecular flexibility index (Phi) is 20.7. The summed E-state index contributed by atoms with van der Waals surface area (Å²) in [4.78, 5) is 0. The van der Waals surface area contributed by atoms with Gasteiger partial charge in [-0.25, -0.2) is 0 Å². The van der Waals surface area contributed by atoms with Gasteiger partial charge in [0.15, 0.2) is 0 Å². The van der Waals surface area contributed by atoms with Crippen LogP contribution in [-0.4, -0.2) is 25.8 Å². The molecule has 0 aliphatic heterocycles. The Morgan fingerprint density at radius 1 is 0.630 bits per heavy atom. The van der Waals surface area contributed by atoms with E-state index in [2.05, 4.69) is 20.8 Å². The fraction of sp³-hybridized carbons (Fsp3) is 1.00. The van der Waals surface area contributed by atoms with Gasteiger partial charge >= 0.3 is 0 Å². The molecule has 0 aliphatic rings. The van der Waals surface area contributed by atoms with Crippen molar-refractivity contribution in [2.24, 2.45) is 11.1 Å². The summed E-state index contributed by atoms with van der Waals surface area (Å²) in [5.74, 6) is 0. The molecule has 3 N–H and O–H groups in total. The topological polar surface area (TPSA) is 80.4 Å². The van der Waals surface area contributed by atoms with Gasteiger partial charge in [0.2, 0.25) is 0 Å². The normalized spacial score (nSPS) is 11.9. The SMILES string of the molecule is CC(C)(C)CCCCCCCCCCCCCCCCCN.CS(=O)(=O)O. The summed E-state index contributed by atoms with van der Waals surface area (Å²) in [6.07, 6.45) is 23.5. The Morgan fingerprint density at radius 2 is 0.852 bits per heavy atom. The Hall–Kier alpha value is -0.130. The summed E-state index contributed by atoms with van der Waals surface area (Å²) in [6.45, 7) is 7.93. The minimum absolute atomic E-state index is 0.532. The van der Waals surface area contributed by atoms with E-state index in [-0.39, 0.29) is 0 Å². The molecule has 27 heavy (non-hydrogen) atoms. The van der Waals surface area contributed by atoms with Gasteiger partial charge in [0, 0.05) is 0 Å². The molecular formula is C22H49NO3S. The lowest BCUT2D eigenvalue weighted by Gasteiger charge is -2.17. The minimum Gasteiger partial charge on any atom is -0.330 e. The molecule has 0 fully saturated rings. The molecule has 0 saturated carbocycles. The van der Waals surface area contributed by atoms with Gasteiger partial charge in [0.05, 0.1) is 6.26 Å². The van der Waals surface area contributed by atoms with Gasteiger partial charge < -0.3 is 5.73 Å². The maximum absolute atomic E-state index is 9.19. The first kappa shape index (κ1) is 29.1. The lowest BCUT2D eigenvalue weighted by atomic mass is 9.89. The maximum Gasteiger partial charge on any atom is 0.261 e. The summed E-state index contributed by atoms with van der Waals surface area (Å²) < 4.78 is 25.9. The highest BCUT2D eigenvalue weighted by atomic mass is 32.2. The van der Waals surface area contributed by atoms with E-state index in [1.165, 1.54) is 103 Å². The van der Waals surface area contributed by atoms with E-state index in [4.69, 9.17) is 10.3 Å². The van der Waals surface area contributed by atoms with Gasteiger partial charge in [-0.05, 0) is 24.8 Å². The van der Waals surface area contributed by atoms with E-state index < -0.39 is 10.1 Å². The highest BCUT2D eigenvalue weighted by Crippen LogP contribution is 2.22. The van der Waals surface area contributed by atoms with Crippen molar-refractivity contribution in [1.82, 2.24) is 0 Å². The predicted octanol–water partition coefficient (Wildman–Crippen LogP) is 6.74. The van der Waals surface area contributed by atoms with Crippen LogP contribution in [-0.2, 0) is 10.1 Å². The van der Waals surface area contributed by atoms with E-state index in [1.54, 1.807) is 0 Å². The van der Waals surface area contributed by atoms with Crippen LogP contribution in [0.15, 0.2) is 0 Å². The Morgan fingerprint density at radius 3 is 1.07 bits per heavy atom. The third kappa shape index (κ3) is 41.4. The lowest BCUT2D eigenvalue weighted by Crippen LogP contribution is -2.03. The molecular weight excluding hydrogens is 358 g/mol. The molecule has 0 spiro atoms. The van der Waals surface area contributed by atoms with Crippen LogP contribution in [0.2, 0.25) is 0 Å². The largest absolute Gasteiger partial charge is 0.330 e. The molecule has 4 nitrogen and oxygen atoms in total. The van der Waals surface area contributed by atoms with Crippen LogP contribution < -0.4 is 5.73 Å². The average Bonchev–Trinajstić information content (AvgIpc) is 2.52. The first-order valence-corrected chi connectivity index (χ1v) is 13.0. The molecule has 0 amide bonds. The second-order valence-corrected chi connectivity index (χ2v) is 10.6. The Bertz CT molecular complexity index is 381. The van der Waals surface area contributed by atoms with Crippen LogP contribution in [0.4, 0.5) is 0 Å². The van der Waals surface area contributed by atoms with Crippen molar-refractivity contribution in [2.75, 3.05) is 12.8 Å². The zero-order chi connectivity index (χ0) is 21.0. The second kappa shape index (κ2) is 19.2. The smallest absolute Gasteiger partial charge is 0.261 e. The van der Waals surface area contributed by atoms with Crippen LogP contribution in [0.3, 0.4) is 0 Å². The molecule has 0 aromatic heterocycles. The average molecular weight is 408 g/mol. The van der Waals surface area contributed by atoms with E-state index in [0.717, 1.165) is 6.54 Å². The minimum atomic E-state index is -3.67. The van der Waals surface area contributed by atoms with Crippen LogP contribution >= 0.6 is 0 Å². The van der Waals surface area contributed by atoms with Gasteiger partial charge in [-0.15, -0.1) is 0 Å². The van der Waals surface area contributed by atoms with Crippen LogP contribution in [0, 0.1) is 5.41 Å². The van der Waals surface area contributed by atoms with Crippen LogP contribution in [0.1, 0.15) is 124 Å². The molecule has 166 valence electrons.